The highest BCUT2D eigenvalue weighted by Gasteiger charge is 2.30. The third-order valence-corrected chi connectivity index (χ3v) is 6.06. The summed E-state index contributed by atoms with van der Waals surface area (Å²) in [5, 5.41) is 2.93. The van der Waals surface area contributed by atoms with Crippen LogP contribution in [0.15, 0.2) is 28.7 Å². The van der Waals surface area contributed by atoms with Gasteiger partial charge in [-0.15, -0.1) is 0 Å². The number of benzene rings is 1. The van der Waals surface area contributed by atoms with Gasteiger partial charge >= 0.3 is 0 Å². The Balaban J connectivity index is 1.41. The van der Waals surface area contributed by atoms with Crippen LogP contribution in [0.2, 0.25) is 0 Å². The van der Waals surface area contributed by atoms with E-state index in [1.165, 1.54) is 0 Å². The molecule has 0 atom stereocenters. The summed E-state index contributed by atoms with van der Waals surface area (Å²) in [5.74, 6) is 1.21. The number of anilines is 1. The topological polar surface area (TPSA) is 52.7 Å². The van der Waals surface area contributed by atoms with Gasteiger partial charge in [-0.3, -0.25) is 14.5 Å². The zero-order valence-corrected chi connectivity index (χ0v) is 17.0. The third-order valence-electron chi connectivity index (χ3n) is 5.53. The van der Waals surface area contributed by atoms with E-state index in [0.29, 0.717) is 12.5 Å². The predicted molar refractivity (Wildman–Crippen MR) is 107 cm³/mol. The van der Waals surface area contributed by atoms with Crippen LogP contribution in [0.25, 0.3) is 0 Å². The van der Waals surface area contributed by atoms with Crippen molar-refractivity contribution in [1.29, 1.82) is 0 Å². The lowest BCUT2D eigenvalue weighted by Gasteiger charge is -2.36. The maximum atomic E-state index is 12.7. The Hall–Kier alpha value is -1.40. The molecule has 142 valence electrons. The number of amides is 2. The highest BCUT2D eigenvalue weighted by Crippen LogP contribution is 2.23. The molecule has 5 nitrogen and oxygen atoms in total. The molecule has 2 aliphatic heterocycles. The Morgan fingerprint density at radius 1 is 1.04 bits per heavy atom. The molecule has 0 bridgehead atoms. The molecule has 0 aliphatic carbocycles. The minimum atomic E-state index is 0.00196. The third kappa shape index (κ3) is 5.30. The normalized spacial score (nSPS) is 20.2. The Morgan fingerprint density at radius 2 is 1.65 bits per heavy atom. The Morgan fingerprint density at radius 3 is 2.27 bits per heavy atom. The molecule has 1 N–H and O–H groups in total. The van der Waals surface area contributed by atoms with Crippen molar-refractivity contribution in [1.82, 2.24) is 9.80 Å². The molecule has 0 saturated carbocycles. The molecule has 0 unspecified atom stereocenters. The average Bonchev–Trinajstić information content (AvgIpc) is 2.64. The number of hydrogen-bond donors (Lipinski definition) is 1. The second-order valence-electron chi connectivity index (χ2n) is 7.61. The van der Waals surface area contributed by atoms with Gasteiger partial charge in [0.15, 0.2) is 0 Å². The summed E-state index contributed by atoms with van der Waals surface area (Å²) in [6, 6.07) is 7.58. The number of nitrogens with zero attached hydrogens (tertiary/aromatic N) is 2. The fraction of sp³-hybridized carbons (Fsp3) is 0.600. The van der Waals surface area contributed by atoms with Gasteiger partial charge in [-0.25, -0.2) is 0 Å². The van der Waals surface area contributed by atoms with Crippen molar-refractivity contribution in [3.8, 4) is 0 Å². The van der Waals surface area contributed by atoms with E-state index in [1.54, 1.807) is 0 Å². The fourth-order valence-corrected chi connectivity index (χ4v) is 4.03. The summed E-state index contributed by atoms with van der Waals surface area (Å²) in [6.45, 7) is 6.10. The van der Waals surface area contributed by atoms with Gasteiger partial charge in [0.25, 0.3) is 0 Å². The largest absolute Gasteiger partial charge is 0.342 e. The highest BCUT2D eigenvalue weighted by molar-refractivity contribution is 9.10. The van der Waals surface area contributed by atoms with Gasteiger partial charge in [0.1, 0.15) is 0 Å². The van der Waals surface area contributed by atoms with Crippen molar-refractivity contribution in [3.05, 3.63) is 28.7 Å². The van der Waals surface area contributed by atoms with Crippen LogP contribution in [0, 0.1) is 11.8 Å². The summed E-state index contributed by atoms with van der Waals surface area (Å²) in [6.07, 6.45) is 3.97. The number of carbonyl (C=O) groups excluding carboxylic acids is 2. The molecule has 3 rings (SSSR count). The molecule has 2 amide bonds. The van der Waals surface area contributed by atoms with Crippen molar-refractivity contribution in [3.63, 3.8) is 0 Å². The van der Waals surface area contributed by atoms with Gasteiger partial charge in [0.05, 0.1) is 6.54 Å². The van der Waals surface area contributed by atoms with Crippen LogP contribution in [-0.2, 0) is 9.59 Å². The zero-order valence-electron chi connectivity index (χ0n) is 15.4. The summed E-state index contributed by atoms with van der Waals surface area (Å²) < 4.78 is 0.991. The van der Waals surface area contributed by atoms with Crippen molar-refractivity contribution >= 4 is 33.4 Å². The maximum absolute atomic E-state index is 12.7. The van der Waals surface area contributed by atoms with Gasteiger partial charge in [0, 0.05) is 29.2 Å². The lowest BCUT2D eigenvalue weighted by atomic mass is 9.92. The number of nitrogens with one attached hydrogen (secondary N) is 1. The Labute approximate surface area is 164 Å². The standard InChI is InChI=1S/C20H28BrN3O2/c1-15-6-12-24(13-7-15)20(26)16-8-10-23(11-9-16)14-19(25)22-18-4-2-17(21)3-5-18/h2-5,15-16H,6-14H2,1H3,(H,22,25). The molecule has 1 aromatic rings. The molecule has 0 aromatic heterocycles. The van der Waals surface area contributed by atoms with Crippen LogP contribution in [0.3, 0.4) is 0 Å². The zero-order chi connectivity index (χ0) is 18.5. The fourth-order valence-electron chi connectivity index (χ4n) is 3.76. The summed E-state index contributed by atoms with van der Waals surface area (Å²) in [7, 11) is 0. The number of likely N-dealkylation sites (tertiary alicyclic amines) is 2. The summed E-state index contributed by atoms with van der Waals surface area (Å²) >= 11 is 3.39. The first kappa shape index (κ1) is 19.4. The van der Waals surface area contributed by atoms with E-state index in [-0.39, 0.29) is 11.8 Å². The van der Waals surface area contributed by atoms with Crippen LogP contribution < -0.4 is 5.32 Å². The minimum absolute atomic E-state index is 0.00196. The Bertz CT molecular complexity index is 618. The molecule has 0 radical (unpaired) electrons. The summed E-state index contributed by atoms with van der Waals surface area (Å²) in [5.41, 5.74) is 0.808. The highest BCUT2D eigenvalue weighted by atomic mass is 79.9. The average molecular weight is 422 g/mol. The number of piperidine rings is 2. The van der Waals surface area contributed by atoms with E-state index in [0.717, 1.165) is 67.9 Å². The molecular formula is C20H28BrN3O2. The van der Waals surface area contributed by atoms with Gasteiger partial charge in [-0.05, 0) is 69.0 Å². The SMILES string of the molecule is CC1CCN(C(=O)C2CCN(CC(=O)Nc3ccc(Br)cc3)CC2)CC1. The van der Waals surface area contributed by atoms with Crippen LogP contribution >= 0.6 is 15.9 Å². The van der Waals surface area contributed by atoms with Crippen LogP contribution in [0.5, 0.6) is 0 Å². The maximum Gasteiger partial charge on any atom is 0.238 e. The predicted octanol–water partition coefficient (Wildman–Crippen LogP) is 3.36. The Kier molecular flexibility index (Phi) is 6.70. The molecule has 2 heterocycles. The van der Waals surface area contributed by atoms with Crippen LogP contribution in [-0.4, -0.2) is 54.3 Å². The minimum Gasteiger partial charge on any atom is -0.342 e. The molecule has 2 fully saturated rings. The first-order valence-corrected chi connectivity index (χ1v) is 10.4. The smallest absolute Gasteiger partial charge is 0.238 e. The van der Waals surface area contributed by atoms with Crippen LogP contribution in [0.4, 0.5) is 5.69 Å². The molecule has 2 saturated heterocycles. The molecule has 0 spiro atoms. The summed E-state index contributed by atoms with van der Waals surface area (Å²) in [4.78, 5) is 29.1. The lowest BCUT2D eigenvalue weighted by Crippen LogP contribution is -2.46. The van der Waals surface area contributed by atoms with E-state index in [2.05, 4.69) is 38.0 Å². The number of carbonyl (C=O) groups is 2. The number of halogens is 1. The lowest BCUT2D eigenvalue weighted by molar-refractivity contribution is -0.138. The van der Waals surface area contributed by atoms with Crippen molar-refractivity contribution in [2.75, 3.05) is 38.0 Å². The van der Waals surface area contributed by atoms with E-state index in [4.69, 9.17) is 0 Å². The number of hydrogen-bond acceptors (Lipinski definition) is 3. The number of rotatable bonds is 4. The second kappa shape index (κ2) is 9.00. The van der Waals surface area contributed by atoms with Gasteiger partial charge in [-0.2, -0.15) is 0 Å². The van der Waals surface area contributed by atoms with E-state index < -0.39 is 0 Å². The van der Waals surface area contributed by atoms with Crippen molar-refractivity contribution in [2.24, 2.45) is 11.8 Å². The second-order valence-corrected chi connectivity index (χ2v) is 8.53. The monoisotopic (exact) mass is 421 g/mol. The van der Waals surface area contributed by atoms with Crippen molar-refractivity contribution < 1.29 is 9.59 Å². The quantitative estimate of drug-likeness (QED) is 0.810. The first-order valence-electron chi connectivity index (χ1n) is 9.58. The van der Waals surface area contributed by atoms with Gasteiger partial charge in [0.2, 0.25) is 11.8 Å². The molecule has 1 aromatic carbocycles. The first-order chi connectivity index (χ1) is 12.5. The molecule has 6 heteroatoms. The molecule has 26 heavy (non-hydrogen) atoms. The molecular weight excluding hydrogens is 394 g/mol. The van der Waals surface area contributed by atoms with E-state index in [1.807, 2.05) is 24.3 Å². The van der Waals surface area contributed by atoms with Crippen molar-refractivity contribution in [2.45, 2.75) is 32.6 Å². The van der Waals surface area contributed by atoms with E-state index in [9.17, 15) is 9.59 Å². The van der Waals surface area contributed by atoms with Gasteiger partial charge < -0.3 is 10.2 Å². The van der Waals surface area contributed by atoms with E-state index >= 15 is 0 Å². The van der Waals surface area contributed by atoms with Gasteiger partial charge in [-0.1, -0.05) is 22.9 Å². The van der Waals surface area contributed by atoms with Crippen LogP contribution in [0.1, 0.15) is 32.6 Å². The molecule has 2 aliphatic rings.